The van der Waals surface area contributed by atoms with Crippen LogP contribution >= 0.6 is 0 Å². The zero-order chi connectivity index (χ0) is 10.9. The van der Waals surface area contributed by atoms with Gasteiger partial charge in [0.1, 0.15) is 0 Å². The minimum atomic E-state index is 1.16. The van der Waals surface area contributed by atoms with E-state index >= 15 is 0 Å². The van der Waals surface area contributed by atoms with Crippen molar-refractivity contribution in [3.63, 3.8) is 0 Å². The summed E-state index contributed by atoms with van der Waals surface area (Å²) >= 11 is 0. The van der Waals surface area contributed by atoms with Crippen molar-refractivity contribution >= 4 is 0 Å². The van der Waals surface area contributed by atoms with Gasteiger partial charge in [0.2, 0.25) is 0 Å². The molecule has 0 bridgehead atoms. The smallest absolute Gasteiger partial charge is 0.0244 e. The number of hydrogen-bond donors (Lipinski definition) is 0. The SMILES string of the molecule is C/C=C/CCc1ccc(CCCC)cc1. The van der Waals surface area contributed by atoms with Gasteiger partial charge in [-0.15, -0.1) is 0 Å². The molecule has 0 aliphatic heterocycles. The van der Waals surface area contributed by atoms with Crippen molar-refractivity contribution in [1.29, 1.82) is 0 Å². The first kappa shape index (κ1) is 12.0. The van der Waals surface area contributed by atoms with Gasteiger partial charge in [0.25, 0.3) is 0 Å². The van der Waals surface area contributed by atoms with Crippen molar-refractivity contribution in [2.24, 2.45) is 0 Å². The molecule has 1 aromatic rings. The summed E-state index contributed by atoms with van der Waals surface area (Å²) in [5.74, 6) is 0. The summed E-state index contributed by atoms with van der Waals surface area (Å²) in [6, 6.07) is 9.10. The monoisotopic (exact) mass is 202 g/mol. The molecule has 0 nitrogen and oxygen atoms in total. The Morgan fingerprint density at radius 3 is 2.13 bits per heavy atom. The Balaban J connectivity index is 2.41. The standard InChI is InChI=1S/C15H22/c1-3-5-7-9-15-12-10-14(11-13-15)8-6-4-2/h3,5,10-13H,4,6-9H2,1-2H3/b5-3+. The number of rotatable bonds is 6. The Morgan fingerprint density at radius 1 is 1.00 bits per heavy atom. The van der Waals surface area contributed by atoms with Gasteiger partial charge in [0, 0.05) is 0 Å². The van der Waals surface area contributed by atoms with E-state index < -0.39 is 0 Å². The van der Waals surface area contributed by atoms with Gasteiger partial charge in [-0.05, 0) is 43.7 Å². The summed E-state index contributed by atoms with van der Waals surface area (Å²) in [7, 11) is 0. The lowest BCUT2D eigenvalue weighted by Crippen LogP contribution is -1.87. The van der Waals surface area contributed by atoms with Crippen molar-refractivity contribution in [2.75, 3.05) is 0 Å². The van der Waals surface area contributed by atoms with Crippen LogP contribution in [0.15, 0.2) is 36.4 Å². The zero-order valence-corrected chi connectivity index (χ0v) is 10.00. The van der Waals surface area contributed by atoms with Crippen LogP contribution in [0.4, 0.5) is 0 Å². The fraction of sp³-hybridized carbons (Fsp3) is 0.467. The highest BCUT2D eigenvalue weighted by Gasteiger charge is 1.94. The highest BCUT2D eigenvalue weighted by molar-refractivity contribution is 5.23. The molecule has 0 spiro atoms. The van der Waals surface area contributed by atoms with E-state index in [1.165, 1.54) is 36.8 Å². The fourth-order valence-electron chi connectivity index (χ4n) is 1.67. The molecule has 0 N–H and O–H groups in total. The molecule has 0 aliphatic rings. The van der Waals surface area contributed by atoms with Crippen LogP contribution in [0.1, 0.15) is 44.2 Å². The van der Waals surface area contributed by atoms with E-state index in [4.69, 9.17) is 0 Å². The first-order valence-electron chi connectivity index (χ1n) is 6.05. The predicted molar refractivity (Wildman–Crippen MR) is 68.2 cm³/mol. The second-order valence-electron chi connectivity index (χ2n) is 4.03. The summed E-state index contributed by atoms with van der Waals surface area (Å²) < 4.78 is 0. The van der Waals surface area contributed by atoms with E-state index in [0.29, 0.717) is 0 Å². The van der Waals surface area contributed by atoms with Crippen molar-refractivity contribution in [3.05, 3.63) is 47.5 Å². The average molecular weight is 202 g/mol. The maximum Gasteiger partial charge on any atom is -0.0244 e. The Kier molecular flexibility index (Phi) is 5.84. The summed E-state index contributed by atoms with van der Waals surface area (Å²) in [6.45, 7) is 4.32. The Labute approximate surface area is 94.0 Å². The predicted octanol–water partition coefficient (Wildman–Crippen LogP) is 4.54. The molecule has 0 aliphatic carbocycles. The third kappa shape index (κ3) is 4.83. The highest BCUT2D eigenvalue weighted by Crippen LogP contribution is 2.09. The second-order valence-corrected chi connectivity index (χ2v) is 4.03. The molecule has 1 aromatic carbocycles. The molecule has 1 rings (SSSR count). The lowest BCUT2D eigenvalue weighted by molar-refractivity contribution is 0.794. The quantitative estimate of drug-likeness (QED) is 0.594. The van der Waals surface area contributed by atoms with Crippen LogP contribution in [0.3, 0.4) is 0 Å². The molecule has 0 unspecified atom stereocenters. The molecule has 15 heavy (non-hydrogen) atoms. The fourth-order valence-corrected chi connectivity index (χ4v) is 1.67. The number of hydrogen-bond acceptors (Lipinski definition) is 0. The van der Waals surface area contributed by atoms with Gasteiger partial charge in [-0.1, -0.05) is 49.8 Å². The molecule has 0 aromatic heterocycles. The minimum absolute atomic E-state index is 1.16. The number of aryl methyl sites for hydroxylation is 2. The first-order valence-corrected chi connectivity index (χ1v) is 6.05. The van der Waals surface area contributed by atoms with E-state index in [2.05, 4.69) is 50.3 Å². The average Bonchev–Trinajstić information content (AvgIpc) is 2.28. The van der Waals surface area contributed by atoms with Crippen molar-refractivity contribution in [2.45, 2.75) is 46.0 Å². The van der Waals surface area contributed by atoms with E-state index in [1.54, 1.807) is 0 Å². The summed E-state index contributed by atoms with van der Waals surface area (Å²) in [6.07, 6.45) is 10.5. The number of allylic oxidation sites excluding steroid dienone is 2. The third-order valence-electron chi connectivity index (χ3n) is 2.68. The Morgan fingerprint density at radius 2 is 1.60 bits per heavy atom. The topological polar surface area (TPSA) is 0 Å². The van der Waals surface area contributed by atoms with Gasteiger partial charge < -0.3 is 0 Å². The van der Waals surface area contributed by atoms with Crippen LogP contribution in [0.5, 0.6) is 0 Å². The second kappa shape index (κ2) is 7.28. The minimum Gasteiger partial charge on any atom is -0.0917 e. The molecule has 0 saturated heterocycles. The van der Waals surface area contributed by atoms with Gasteiger partial charge in [0.15, 0.2) is 0 Å². The van der Waals surface area contributed by atoms with E-state index in [9.17, 15) is 0 Å². The highest BCUT2D eigenvalue weighted by atomic mass is 14.0. The van der Waals surface area contributed by atoms with Crippen LogP contribution in [-0.2, 0) is 12.8 Å². The molecular formula is C15H22. The maximum atomic E-state index is 2.28. The lowest BCUT2D eigenvalue weighted by atomic mass is 10.0. The molecule has 0 amide bonds. The van der Waals surface area contributed by atoms with Gasteiger partial charge in [-0.2, -0.15) is 0 Å². The van der Waals surface area contributed by atoms with Crippen LogP contribution in [0.25, 0.3) is 0 Å². The zero-order valence-electron chi connectivity index (χ0n) is 10.00. The third-order valence-corrected chi connectivity index (χ3v) is 2.68. The van der Waals surface area contributed by atoms with Gasteiger partial charge in [-0.3, -0.25) is 0 Å². The number of unbranched alkanes of at least 4 members (excludes halogenated alkanes) is 1. The van der Waals surface area contributed by atoms with Gasteiger partial charge in [-0.25, -0.2) is 0 Å². The van der Waals surface area contributed by atoms with Crippen LogP contribution in [0.2, 0.25) is 0 Å². The molecule has 0 atom stereocenters. The lowest BCUT2D eigenvalue weighted by Gasteiger charge is -2.02. The molecule has 82 valence electrons. The van der Waals surface area contributed by atoms with E-state index in [1.807, 2.05) is 0 Å². The van der Waals surface area contributed by atoms with E-state index in [0.717, 1.165) is 6.42 Å². The molecule has 0 saturated carbocycles. The summed E-state index contributed by atoms with van der Waals surface area (Å²) in [5, 5.41) is 0. The van der Waals surface area contributed by atoms with Crippen LogP contribution in [0, 0.1) is 0 Å². The largest absolute Gasteiger partial charge is 0.0917 e. The van der Waals surface area contributed by atoms with Crippen LogP contribution in [-0.4, -0.2) is 0 Å². The van der Waals surface area contributed by atoms with Crippen molar-refractivity contribution in [1.82, 2.24) is 0 Å². The molecular weight excluding hydrogens is 180 g/mol. The first-order chi connectivity index (χ1) is 7.36. The molecule has 0 radical (unpaired) electrons. The van der Waals surface area contributed by atoms with Crippen molar-refractivity contribution in [3.8, 4) is 0 Å². The summed E-state index contributed by atoms with van der Waals surface area (Å²) in [5.41, 5.74) is 2.93. The molecule has 0 heterocycles. The molecule has 0 heteroatoms. The van der Waals surface area contributed by atoms with Crippen molar-refractivity contribution < 1.29 is 0 Å². The van der Waals surface area contributed by atoms with Crippen LogP contribution < -0.4 is 0 Å². The van der Waals surface area contributed by atoms with E-state index in [-0.39, 0.29) is 0 Å². The maximum absolute atomic E-state index is 2.28. The number of benzene rings is 1. The molecule has 0 fully saturated rings. The Hall–Kier alpha value is -1.04. The summed E-state index contributed by atoms with van der Waals surface area (Å²) in [4.78, 5) is 0. The normalized spacial score (nSPS) is 11.1. The Bertz CT molecular complexity index is 279. The van der Waals surface area contributed by atoms with Gasteiger partial charge in [0.05, 0.1) is 0 Å². The van der Waals surface area contributed by atoms with Gasteiger partial charge >= 0.3 is 0 Å².